The average molecular weight is 387 g/mol. The van der Waals surface area contributed by atoms with Crippen molar-refractivity contribution in [3.05, 3.63) is 29.8 Å². The minimum absolute atomic E-state index is 0.139. The Morgan fingerprint density at radius 3 is 2.36 bits per heavy atom. The molecule has 1 amide bonds. The minimum Gasteiger partial charge on any atom is -0.354 e. The van der Waals surface area contributed by atoms with Crippen LogP contribution in [-0.4, -0.2) is 44.2 Å². The third-order valence-corrected chi connectivity index (χ3v) is 5.88. The van der Waals surface area contributed by atoms with Gasteiger partial charge in [-0.15, -0.1) is 0 Å². The predicted octanol–water partition coefficient (Wildman–Crippen LogP) is 3.22. The number of anilines is 1. The van der Waals surface area contributed by atoms with E-state index in [9.17, 15) is 13.2 Å². The van der Waals surface area contributed by atoms with Crippen molar-refractivity contribution in [2.75, 3.05) is 29.4 Å². The number of carbonyl (C=O) groups excluding carboxylic acids is 1. The van der Waals surface area contributed by atoms with Crippen LogP contribution in [0.15, 0.2) is 24.3 Å². The lowest BCUT2D eigenvalue weighted by Gasteiger charge is -2.25. The van der Waals surface area contributed by atoms with Crippen LogP contribution >= 0.6 is 11.8 Å². The van der Waals surface area contributed by atoms with Crippen LogP contribution in [0.5, 0.6) is 0 Å². The average Bonchev–Trinajstić information content (AvgIpc) is 2.47. The van der Waals surface area contributed by atoms with Crippen molar-refractivity contribution in [1.29, 1.82) is 0 Å². The molecule has 0 fully saturated rings. The molecule has 0 heterocycles. The fraction of sp³-hybridized carbons (Fsp3) is 0.611. The molecule has 0 atom stereocenters. The fourth-order valence-corrected chi connectivity index (χ4v) is 4.01. The Morgan fingerprint density at radius 1 is 1.24 bits per heavy atom. The highest BCUT2D eigenvalue weighted by Crippen LogP contribution is 2.28. The summed E-state index contributed by atoms with van der Waals surface area (Å²) >= 11 is 1.76. The summed E-state index contributed by atoms with van der Waals surface area (Å²) in [4.78, 5) is 12.3. The van der Waals surface area contributed by atoms with Gasteiger partial charge < -0.3 is 5.32 Å². The van der Waals surface area contributed by atoms with Gasteiger partial charge in [0.15, 0.2) is 0 Å². The number of amides is 1. The summed E-state index contributed by atoms with van der Waals surface area (Å²) < 4.78 is 25.8. The molecule has 0 bridgehead atoms. The summed E-state index contributed by atoms with van der Waals surface area (Å²) in [5.41, 5.74) is 1.48. The van der Waals surface area contributed by atoms with E-state index in [1.165, 1.54) is 4.31 Å². The first-order chi connectivity index (χ1) is 11.4. The summed E-state index contributed by atoms with van der Waals surface area (Å²) in [5.74, 6) is 0.654. The highest BCUT2D eigenvalue weighted by molar-refractivity contribution is 8.00. The Morgan fingerprint density at radius 2 is 1.84 bits per heavy atom. The normalized spacial score (nSPS) is 12.3. The Hall–Kier alpha value is -1.21. The quantitative estimate of drug-likeness (QED) is 0.697. The molecule has 1 rings (SSSR count). The number of hydrogen-bond acceptors (Lipinski definition) is 4. The Kier molecular flexibility index (Phi) is 7.81. The van der Waals surface area contributed by atoms with E-state index in [0.717, 1.165) is 17.6 Å². The molecule has 0 aliphatic carbocycles. The molecule has 7 heteroatoms. The molecule has 0 aliphatic rings. The van der Waals surface area contributed by atoms with Gasteiger partial charge in [0.2, 0.25) is 15.9 Å². The van der Waals surface area contributed by atoms with Crippen LogP contribution in [0.3, 0.4) is 0 Å². The molecule has 1 aromatic carbocycles. The molecular weight excluding hydrogens is 356 g/mol. The summed E-state index contributed by atoms with van der Waals surface area (Å²) in [6, 6.07) is 7.32. The number of para-hydroxylation sites is 1. The van der Waals surface area contributed by atoms with Crippen LogP contribution in [0.1, 0.15) is 46.1 Å². The number of hydrogen-bond donors (Lipinski definition) is 1. The van der Waals surface area contributed by atoms with Crippen LogP contribution in [0, 0.1) is 0 Å². The first-order valence-corrected chi connectivity index (χ1v) is 11.2. The van der Waals surface area contributed by atoms with Crippen molar-refractivity contribution >= 4 is 33.4 Å². The van der Waals surface area contributed by atoms with Crippen LogP contribution in [0.25, 0.3) is 0 Å². The maximum atomic E-state index is 12.3. The maximum Gasteiger partial charge on any atom is 0.240 e. The number of rotatable bonds is 8. The molecule has 25 heavy (non-hydrogen) atoms. The molecule has 0 aliphatic heterocycles. The number of nitrogens with one attached hydrogen (secondary N) is 1. The van der Waals surface area contributed by atoms with Crippen LogP contribution < -0.4 is 9.62 Å². The van der Waals surface area contributed by atoms with Gasteiger partial charge in [0.1, 0.15) is 6.54 Å². The van der Waals surface area contributed by atoms with Crippen LogP contribution in [-0.2, 0) is 14.8 Å². The van der Waals surface area contributed by atoms with Gasteiger partial charge >= 0.3 is 0 Å². The van der Waals surface area contributed by atoms with Gasteiger partial charge in [0.25, 0.3) is 0 Å². The molecule has 1 aromatic rings. The van der Waals surface area contributed by atoms with Crippen LogP contribution in [0.4, 0.5) is 5.69 Å². The first kappa shape index (κ1) is 21.8. The van der Waals surface area contributed by atoms with Gasteiger partial charge in [-0.25, -0.2) is 8.42 Å². The van der Waals surface area contributed by atoms with E-state index in [2.05, 4.69) is 26.1 Å². The summed E-state index contributed by atoms with van der Waals surface area (Å²) in [7, 11) is -3.56. The largest absolute Gasteiger partial charge is 0.354 e. The number of nitrogens with zero attached hydrogens (tertiary/aromatic N) is 1. The molecule has 5 nitrogen and oxygen atoms in total. The number of thioether (sulfide) groups is 1. The van der Waals surface area contributed by atoms with E-state index in [-0.39, 0.29) is 23.1 Å². The zero-order chi connectivity index (χ0) is 19.3. The van der Waals surface area contributed by atoms with Gasteiger partial charge in [-0.3, -0.25) is 9.10 Å². The second-order valence-electron chi connectivity index (χ2n) is 7.29. The van der Waals surface area contributed by atoms with Gasteiger partial charge in [-0.1, -0.05) is 52.8 Å². The van der Waals surface area contributed by atoms with E-state index in [0.29, 0.717) is 12.2 Å². The third-order valence-electron chi connectivity index (χ3n) is 3.47. The number of carbonyl (C=O) groups is 1. The number of benzene rings is 1. The Labute approximate surface area is 156 Å². The lowest BCUT2D eigenvalue weighted by molar-refractivity contribution is -0.119. The minimum atomic E-state index is -3.56. The van der Waals surface area contributed by atoms with Crippen molar-refractivity contribution in [2.45, 2.75) is 45.3 Å². The van der Waals surface area contributed by atoms with Gasteiger partial charge in [-0.2, -0.15) is 11.8 Å². The lowest BCUT2D eigenvalue weighted by atomic mass is 10.0. The van der Waals surface area contributed by atoms with E-state index in [4.69, 9.17) is 0 Å². The molecule has 0 saturated carbocycles. The van der Waals surface area contributed by atoms with Crippen LogP contribution in [0.2, 0.25) is 0 Å². The third kappa shape index (κ3) is 7.69. The van der Waals surface area contributed by atoms with Gasteiger partial charge in [0.05, 0.1) is 11.9 Å². The Balaban J connectivity index is 2.84. The Bertz CT molecular complexity index is 680. The standard InChI is InChI=1S/C18H30N2O3S2/c1-14(2)15-9-7-8-10-16(15)20(25(6,22)23)13-17(21)19-11-12-24-18(3,4)5/h7-10,14H,11-13H2,1-6H3,(H,19,21). The van der Waals surface area contributed by atoms with Crippen molar-refractivity contribution in [3.63, 3.8) is 0 Å². The van der Waals surface area contributed by atoms with E-state index in [1.54, 1.807) is 23.9 Å². The molecular formula is C18H30N2O3S2. The SMILES string of the molecule is CC(C)c1ccccc1N(CC(=O)NCCSC(C)(C)C)S(C)(=O)=O. The van der Waals surface area contributed by atoms with Crippen molar-refractivity contribution in [2.24, 2.45) is 0 Å². The molecule has 0 aromatic heterocycles. The molecule has 0 saturated heterocycles. The zero-order valence-electron chi connectivity index (χ0n) is 16.0. The molecule has 1 N–H and O–H groups in total. The lowest BCUT2D eigenvalue weighted by Crippen LogP contribution is -2.41. The van der Waals surface area contributed by atoms with Crippen molar-refractivity contribution < 1.29 is 13.2 Å². The maximum absolute atomic E-state index is 12.3. The highest BCUT2D eigenvalue weighted by atomic mass is 32.2. The second-order valence-corrected chi connectivity index (χ2v) is 11.1. The topological polar surface area (TPSA) is 66.5 Å². The zero-order valence-corrected chi connectivity index (χ0v) is 17.6. The van der Waals surface area contributed by atoms with Crippen molar-refractivity contribution in [1.82, 2.24) is 5.32 Å². The highest BCUT2D eigenvalue weighted by Gasteiger charge is 2.23. The molecule has 142 valence electrons. The van der Waals surface area contributed by atoms with Gasteiger partial charge in [-0.05, 0) is 17.5 Å². The van der Waals surface area contributed by atoms with E-state index < -0.39 is 10.0 Å². The summed E-state index contributed by atoms with van der Waals surface area (Å²) in [6.45, 7) is 10.7. The smallest absolute Gasteiger partial charge is 0.240 e. The first-order valence-electron chi connectivity index (χ1n) is 8.39. The predicted molar refractivity (Wildman–Crippen MR) is 108 cm³/mol. The molecule has 0 unspecified atom stereocenters. The summed E-state index contributed by atoms with van der Waals surface area (Å²) in [6.07, 6.45) is 1.13. The molecule has 0 spiro atoms. The van der Waals surface area contributed by atoms with E-state index in [1.807, 2.05) is 26.0 Å². The second kappa shape index (κ2) is 8.94. The molecule has 0 radical (unpaired) electrons. The van der Waals surface area contributed by atoms with Gasteiger partial charge in [0, 0.05) is 17.0 Å². The van der Waals surface area contributed by atoms with E-state index >= 15 is 0 Å². The number of sulfonamides is 1. The monoisotopic (exact) mass is 386 g/mol. The van der Waals surface area contributed by atoms with Crippen molar-refractivity contribution in [3.8, 4) is 0 Å². The fourth-order valence-electron chi connectivity index (χ4n) is 2.32. The summed E-state index contributed by atoms with van der Waals surface area (Å²) in [5, 5.41) is 2.81.